The molecule has 1 nitrogen and oxygen atoms in total. The van der Waals surface area contributed by atoms with E-state index in [1.54, 1.807) is 0 Å². The van der Waals surface area contributed by atoms with Crippen LogP contribution in [0.2, 0.25) is 0 Å². The molecule has 0 amide bonds. The van der Waals surface area contributed by atoms with Crippen LogP contribution in [0.15, 0.2) is 0 Å². The van der Waals surface area contributed by atoms with Gasteiger partial charge < -0.3 is 5.73 Å². The highest BCUT2D eigenvalue weighted by Gasteiger charge is 2.11. The zero-order valence-electron chi connectivity index (χ0n) is 9.14. The van der Waals surface area contributed by atoms with Crippen molar-refractivity contribution < 1.29 is 0 Å². The second-order valence-corrected chi connectivity index (χ2v) is 4.33. The molecule has 0 saturated heterocycles. The minimum Gasteiger partial charge on any atom is -0.330 e. The summed E-state index contributed by atoms with van der Waals surface area (Å²) >= 11 is 0. The summed E-state index contributed by atoms with van der Waals surface area (Å²) in [4.78, 5) is 0. The summed E-state index contributed by atoms with van der Waals surface area (Å²) in [5.74, 6) is 2.44. The van der Waals surface area contributed by atoms with Gasteiger partial charge in [-0.3, -0.25) is 0 Å². The Bertz CT molecular complexity index is 99.2. The highest BCUT2D eigenvalue weighted by Crippen LogP contribution is 2.22. The van der Waals surface area contributed by atoms with Gasteiger partial charge >= 0.3 is 0 Å². The van der Waals surface area contributed by atoms with E-state index in [1.165, 1.54) is 19.3 Å². The Kier molecular flexibility index (Phi) is 6.45. The first-order valence-electron chi connectivity index (χ1n) is 5.31. The molecule has 0 aromatic rings. The van der Waals surface area contributed by atoms with Crippen molar-refractivity contribution >= 4 is 0 Å². The standard InChI is InChI=1S/C11H25N/c1-5-11(9(2)3)7-6-10(4)8-12/h9-11H,5-8,12H2,1-4H3. The lowest BCUT2D eigenvalue weighted by Crippen LogP contribution is -2.14. The van der Waals surface area contributed by atoms with Gasteiger partial charge in [-0.25, -0.2) is 0 Å². The Balaban J connectivity index is 3.58. The second kappa shape index (κ2) is 6.47. The topological polar surface area (TPSA) is 26.0 Å². The van der Waals surface area contributed by atoms with Crippen molar-refractivity contribution in [1.82, 2.24) is 0 Å². The van der Waals surface area contributed by atoms with Crippen LogP contribution in [0.4, 0.5) is 0 Å². The van der Waals surface area contributed by atoms with Gasteiger partial charge in [-0.1, -0.05) is 34.1 Å². The van der Waals surface area contributed by atoms with Crippen LogP contribution >= 0.6 is 0 Å². The van der Waals surface area contributed by atoms with Crippen LogP contribution < -0.4 is 5.73 Å². The van der Waals surface area contributed by atoms with Gasteiger partial charge in [0.05, 0.1) is 0 Å². The average molecular weight is 171 g/mol. The molecule has 74 valence electrons. The van der Waals surface area contributed by atoms with Crippen molar-refractivity contribution in [3.63, 3.8) is 0 Å². The van der Waals surface area contributed by atoms with E-state index in [1.807, 2.05) is 0 Å². The first-order chi connectivity index (χ1) is 5.61. The van der Waals surface area contributed by atoms with Crippen molar-refractivity contribution in [3.05, 3.63) is 0 Å². The lowest BCUT2D eigenvalue weighted by Gasteiger charge is -2.20. The van der Waals surface area contributed by atoms with E-state index in [2.05, 4.69) is 27.7 Å². The molecule has 2 N–H and O–H groups in total. The van der Waals surface area contributed by atoms with Gasteiger partial charge in [0.15, 0.2) is 0 Å². The molecule has 0 saturated carbocycles. The molecule has 0 spiro atoms. The molecule has 0 aromatic carbocycles. The van der Waals surface area contributed by atoms with Gasteiger partial charge in [0.2, 0.25) is 0 Å². The number of rotatable bonds is 6. The Hall–Kier alpha value is -0.0400. The molecule has 0 radical (unpaired) electrons. The Morgan fingerprint density at radius 1 is 1.08 bits per heavy atom. The molecule has 1 heteroatoms. The van der Waals surface area contributed by atoms with Crippen LogP contribution in [0.3, 0.4) is 0 Å². The molecule has 0 aliphatic heterocycles. The number of hydrogen-bond donors (Lipinski definition) is 1. The molecule has 0 aromatic heterocycles. The van der Waals surface area contributed by atoms with Gasteiger partial charge in [-0.05, 0) is 37.1 Å². The van der Waals surface area contributed by atoms with E-state index < -0.39 is 0 Å². The monoisotopic (exact) mass is 171 g/mol. The Morgan fingerprint density at radius 3 is 2.00 bits per heavy atom. The molecule has 2 atom stereocenters. The summed E-state index contributed by atoms with van der Waals surface area (Å²) in [6.07, 6.45) is 3.97. The van der Waals surface area contributed by atoms with Crippen LogP contribution in [-0.4, -0.2) is 6.54 Å². The largest absolute Gasteiger partial charge is 0.330 e. The van der Waals surface area contributed by atoms with E-state index >= 15 is 0 Å². The van der Waals surface area contributed by atoms with E-state index in [-0.39, 0.29) is 0 Å². The van der Waals surface area contributed by atoms with Gasteiger partial charge in [-0.15, -0.1) is 0 Å². The van der Waals surface area contributed by atoms with Crippen molar-refractivity contribution in [2.24, 2.45) is 23.5 Å². The summed E-state index contributed by atoms with van der Waals surface area (Å²) in [6, 6.07) is 0. The van der Waals surface area contributed by atoms with Crippen molar-refractivity contribution in [2.75, 3.05) is 6.54 Å². The summed E-state index contributed by atoms with van der Waals surface area (Å²) < 4.78 is 0. The summed E-state index contributed by atoms with van der Waals surface area (Å²) in [7, 11) is 0. The second-order valence-electron chi connectivity index (χ2n) is 4.33. The highest BCUT2D eigenvalue weighted by molar-refractivity contribution is 4.63. The molecule has 0 fully saturated rings. The zero-order valence-corrected chi connectivity index (χ0v) is 9.14. The maximum Gasteiger partial charge on any atom is -0.00515 e. The zero-order chi connectivity index (χ0) is 9.56. The fraction of sp³-hybridized carbons (Fsp3) is 1.00. The first-order valence-corrected chi connectivity index (χ1v) is 5.31. The van der Waals surface area contributed by atoms with Crippen molar-refractivity contribution in [2.45, 2.75) is 47.0 Å². The summed E-state index contributed by atoms with van der Waals surface area (Å²) in [6.45, 7) is 10.0. The molecule has 2 unspecified atom stereocenters. The quantitative estimate of drug-likeness (QED) is 0.653. The predicted octanol–water partition coefficient (Wildman–Crippen LogP) is 3.04. The third-order valence-corrected chi connectivity index (χ3v) is 2.90. The van der Waals surface area contributed by atoms with Crippen molar-refractivity contribution in [1.29, 1.82) is 0 Å². The fourth-order valence-corrected chi connectivity index (χ4v) is 1.63. The normalized spacial score (nSPS) is 16.5. The highest BCUT2D eigenvalue weighted by atomic mass is 14.5. The molecule has 0 bridgehead atoms. The molecule has 0 heterocycles. The van der Waals surface area contributed by atoms with Gasteiger partial charge in [0, 0.05) is 0 Å². The van der Waals surface area contributed by atoms with Crippen LogP contribution in [0.1, 0.15) is 47.0 Å². The number of hydrogen-bond acceptors (Lipinski definition) is 1. The van der Waals surface area contributed by atoms with Crippen LogP contribution in [0.25, 0.3) is 0 Å². The first kappa shape index (κ1) is 12.0. The summed E-state index contributed by atoms with van der Waals surface area (Å²) in [5.41, 5.74) is 5.58. The maximum atomic E-state index is 5.58. The molecular weight excluding hydrogens is 146 g/mol. The molecule has 0 rings (SSSR count). The SMILES string of the molecule is CCC(CCC(C)CN)C(C)C. The van der Waals surface area contributed by atoms with Crippen molar-refractivity contribution in [3.8, 4) is 0 Å². The lowest BCUT2D eigenvalue weighted by molar-refractivity contribution is 0.319. The Morgan fingerprint density at radius 2 is 1.67 bits per heavy atom. The molecule has 0 aliphatic rings. The smallest absolute Gasteiger partial charge is 0.00515 e. The fourth-order valence-electron chi connectivity index (χ4n) is 1.63. The third-order valence-electron chi connectivity index (χ3n) is 2.90. The van der Waals surface area contributed by atoms with Gasteiger partial charge in [-0.2, -0.15) is 0 Å². The van der Waals surface area contributed by atoms with E-state index in [9.17, 15) is 0 Å². The van der Waals surface area contributed by atoms with Gasteiger partial charge in [0.25, 0.3) is 0 Å². The Labute approximate surface area is 77.7 Å². The van der Waals surface area contributed by atoms with E-state index in [4.69, 9.17) is 5.73 Å². The minimum absolute atomic E-state index is 0.706. The number of nitrogens with two attached hydrogens (primary N) is 1. The van der Waals surface area contributed by atoms with Crippen LogP contribution in [-0.2, 0) is 0 Å². The summed E-state index contributed by atoms with van der Waals surface area (Å²) in [5, 5.41) is 0. The molecule has 12 heavy (non-hydrogen) atoms. The minimum atomic E-state index is 0.706. The van der Waals surface area contributed by atoms with Gasteiger partial charge in [0.1, 0.15) is 0 Å². The predicted molar refractivity (Wildman–Crippen MR) is 56.1 cm³/mol. The maximum absolute atomic E-state index is 5.58. The van der Waals surface area contributed by atoms with Crippen LogP contribution in [0, 0.1) is 17.8 Å². The lowest BCUT2D eigenvalue weighted by atomic mass is 9.86. The molecule has 0 aliphatic carbocycles. The molecular formula is C11H25N. The van der Waals surface area contributed by atoms with E-state index in [0.717, 1.165) is 18.4 Å². The average Bonchev–Trinajstić information content (AvgIpc) is 2.04. The van der Waals surface area contributed by atoms with E-state index in [0.29, 0.717) is 5.92 Å². The van der Waals surface area contributed by atoms with Crippen LogP contribution in [0.5, 0.6) is 0 Å². The third kappa shape index (κ3) is 4.76.